The molecule has 0 heterocycles. The van der Waals surface area contributed by atoms with Crippen LogP contribution in [0.2, 0.25) is 0 Å². The first-order valence-corrected chi connectivity index (χ1v) is 13.9. The number of amides is 2. The molecule has 0 aliphatic carbocycles. The molecule has 0 bridgehead atoms. The molecule has 3 aromatic rings. The highest BCUT2D eigenvalue weighted by atomic mass is 79.9. The molecular weight excluding hydrogens is 520 g/mol. The van der Waals surface area contributed by atoms with Crippen LogP contribution in [0.15, 0.2) is 83.3 Å². The molecule has 0 fully saturated rings. The molecule has 6 heteroatoms. The van der Waals surface area contributed by atoms with Gasteiger partial charge in [-0.3, -0.25) is 9.59 Å². The highest BCUT2D eigenvalue weighted by Gasteiger charge is 2.30. The molecule has 0 aliphatic rings. The minimum Gasteiger partial charge on any atom is -0.354 e. The summed E-state index contributed by atoms with van der Waals surface area (Å²) in [5.41, 5.74) is 4.38. The molecule has 0 saturated heterocycles. The minimum absolute atomic E-state index is 0.0275. The van der Waals surface area contributed by atoms with Crippen molar-refractivity contribution < 1.29 is 9.59 Å². The van der Waals surface area contributed by atoms with E-state index in [2.05, 4.69) is 33.4 Å². The Morgan fingerprint density at radius 2 is 1.57 bits per heavy atom. The van der Waals surface area contributed by atoms with Crippen molar-refractivity contribution in [3.8, 4) is 0 Å². The zero-order valence-electron chi connectivity index (χ0n) is 20.4. The van der Waals surface area contributed by atoms with Crippen molar-refractivity contribution in [3.05, 3.63) is 106 Å². The molecule has 4 nitrogen and oxygen atoms in total. The summed E-state index contributed by atoms with van der Waals surface area (Å²) in [7, 11) is 0. The van der Waals surface area contributed by atoms with Gasteiger partial charge in [-0.15, -0.1) is 11.8 Å². The van der Waals surface area contributed by atoms with Gasteiger partial charge in [0.1, 0.15) is 6.04 Å². The molecule has 1 N–H and O–H groups in total. The van der Waals surface area contributed by atoms with Crippen LogP contribution in [0.1, 0.15) is 35.6 Å². The second-order valence-electron chi connectivity index (χ2n) is 8.62. The quantitative estimate of drug-likeness (QED) is 0.293. The molecule has 3 aromatic carbocycles. The lowest BCUT2D eigenvalue weighted by Gasteiger charge is -2.31. The van der Waals surface area contributed by atoms with Crippen LogP contribution < -0.4 is 5.32 Å². The maximum absolute atomic E-state index is 13.6. The van der Waals surface area contributed by atoms with Gasteiger partial charge in [-0.2, -0.15) is 0 Å². The number of halogens is 1. The number of thioether (sulfide) groups is 1. The van der Waals surface area contributed by atoms with E-state index >= 15 is 0 Å². The number of nitrogens with one attached hydrogen (secondary N) is 1. The normalized spacial score (nSPS) is 11.6. The minimum atomic E-state index is -0.578. The van der Waals surface area contributed by atoms with Gasteiger partial charge < -0.3 is 10.2 Å². The number of rotatable bonds is 12. The Bertz CT molecular complexity index is 1070. The Morgan fingerprint density at radius 3 is 2.23 bits per heavy atom. The second-order valence-corrected chi connectivity index (χ2v) is 10.5. The Morgan fingerprint density at radius 1 is 0.914 bits per heavy atom. The number of hydrogen-bond acceptors (Lipinski definition) is 3. The molecule has 3 rings (SSSR count). The fourth-order valence-electron chi connectivity index (χ4n) is 3.73. The standard InChI is InChI=1S/C29H33BrN2O2S/c1-3-17-31-29(34)27(18-23-7-5-4-6-8-23)32(19-24-11-9-22(2)10-12-24)28(33)21-35-20-25-13-15-26(30)16-14-25/h4-16,27H,3,17-21H2,1-2H3,(H,31,34)/t27-/m0/s1. The van der Waals surface area contributed by atoms with Crippen LogP contribution >= 0.6 is 27.7 Å². The smallest absolute Gasteiger partial charge is 0.243 e. The lowest BCUT2D eigenvalue weighted by atomic mass is 10.0. The highest BCUT2D eigenvalue weighted by Crippen LogP contribution is 2.20. The molecule has 0 aromatic heterocycles. The Kier molecular flexibility index (Phi) is 10.9. The van der Waals surface area contributed by atoms with Crippen molar-refractivity contribution >= 4 is 39.5 Å². The summed E-state index contributed by atoms with van der Waals surface area (Å²) in [6.45, 7) is 5.06. The predicted octanol–water partition coefficient (Wildman–Crippen LogP) is 6.16. The van der Waals surface area contributed by atoms with Gasteiger partial charge in [-0.25, -0.2) is 0 Å². The van der Waals surface area contributed by atoms with E-state index in [1.54, 1.807) is 16.7 Å². The molecule has 0 saturated carbocycles. The molecule has 2 amide bonds. The van der Waals surface area contributed by atoms with Crippen molar-refractivity contribution in [2.45, 2.75) is 45.0 Å². The third-order valence-electron chi connectivity index (χ3n) is 5.70. The summed E-state index contributed by atoms with van der Waals surface area (Å²) in [5.74, 6) is 0.922. The first-order chi connectivity index (χ1) is 17.0. The third kappa shape index (κ3) is 8.86. The Hall–Kier alpha value is -2.57. The molecule has 0 aliphatic heterocycles. The zero-order valence-corrected chi connectivity index (χ0v) is 22.8. The fourth-order valence-corrected chi connectivity index (χ4v) is 4.86. The van der Waals surface area contributed by atoms with Gasteiger partial charge in [0, 0.05) is 29.7 Å². The van der Waals surface area contributed by atoms with Crippen LogP contribution in [0.25, 0.3) is 0 Å². The van der Waals surface area contributed by atoms with Gasteiger partial charge in [0.2, 0.25) is 11.8 Å². The average molecular weight is 554 g/mol. The third-order valence-corrected chi connectivity index (χ3v) is 7.22. The monoisotopic (exact) mass is 552 g/mol. The molecule has 0 radical (unpaired) electrons. The maximum Gasteiger partial charge on any atom is 0.243 e. The van der Waals surface area contributed by atoms with Crippen molar-refractivity contribution in [1.29, 1.82) is 0 Å². The van der Waals surface area contributed by atoms with E-state index < -0.39 is 6.04 Å². The average Bonchev–Trinajstić information content (AvgIpc) is 2.87. The van der Waals surface area contributed by atoms with E-state index in [-0.39, 0.29) is 11.8 Å². The van der Waals surface area contributed by atoms with Gasteiger partial charge >= 0.3 is 0 Å². The lowest BCUT2D eigenvalue weighted by Crippen LogP contribution is -2.51. The van der Waals surface area contributed by atoms with E-state index in [0.29, 0.717) is 25.3 Å². The van der Waals surface area contributed by atoms with Gasteiger partial charge in [-0.1, -0.05) is 95.1 Å². The summed E-state index contributed by atoms with van der Waals surface area (Å²) in [6.07, 6.45) is 1.32. The van der Waals surface area contributed by atoms with E-state index in [4.69, 9.17) is 0 Å². The summed E-state index contributed by atoms with van der Waals surface area (Å²) < 4.78 is 1.04. The summed E-state index contributed by atoms with van der Waals surface area (Å²) in [4.78, 5) is 28.7. The van der Waals surface area contributed by atoms with Crippen LogP contribution in [-0.4, -0.2) is 35.1 Å². The molecule has 184 valence electrons. The van der Waals surface area contributed by atoms with Crippen LogP contribution in [0.4, 0.5) is 0 Å². The summed E-state index contributed by atoms with van der Waals surface area (Å²) in [5, 5.41) is 3.03. The molecular formula is C29H33BrN2O2S. The van der Waals surface area contributed by atoms with E-state index in [1.165, 1.54) is 5.56 Å². The van der Waals surface area contributed by atoms with E-state index in [1.807, 2.05) is 80.6 Å². The largest absolute Gasteiger partial charge is 0.354 e. The topological polar surface area (TPSA) is 49.4 Å². The number of benzene rings is 3. The SMILES string of the molecule is CCCNC(=O)[C@H](Cc1ccccc1)N(Cc1ccc(C)cc1)C(=O)CSCc1ccc(Br)cc1. The Labute approximate surface area is 221 Å². The Balaban J connectivity index is 1.81. The highest BCUT2D eigenvalue weighted by molar-refractivity contribution is 9.10. The van der Waals surface area contributed by atoms with Crippen LogP contribution in [-0.2, 0) is 28.3 Å². The first kappa shape index (κ1) is 27.0. The molecule has 35 heavy (non-hydrogen) atoms. The number of aryl methyl sites for hydroxylation is 1. The van der Waals surface area contributed by atoms with Crippen LogP contribution in [0.3, 0.4) is 0 Å². The van der Waals surface area contributed by atoms with Gasteiger partial charge in [-0.05, 0) is 42.2 Å². The summed E-state index contributed by atoms with van der Waals surface area (Å²) >= 11 is 5.04. The number of carbonyl (C=O) groups is 2. The number of carbonyl (C=O) groups excluding carboxylic acids is 2. The first-order valence-electron chi connectivity index (χ1n) is 11.9. The molecule has 0 unspecified atom stereocenters. The fraction of sp³-hybridized carbons (Fsp3) is 0.310. The van der Waals surface area contributed by atoms with Crippen LogP contribution in [0, 0.1) is 6.92 Å². The lowest BCUT2D eigenvalue weighted by molar-refractivity contribution is -0.139. The van der Waals surface area contributed by atoms with E-state index in [0.717, 1.165) is 33.3 Å². The number of nitrogens with zero attached hydrogens (tertiary/aromatic N) is 1. The zero-order chi connectivity index (χ0) is 25.0. The van der Waals surface area contributed by atoms with Crippen molar-refractivity contribution in [1.82, 2.24) is 10.2 Å². The van der Waals surface area contributed by atoms with Crippen LogP contribution in [0.5, 0.6) is 0 Å². The van der Waals surface area contributed by atoms with Crippen molar-refractivity contribution in [2.24, 2.45) is 0 Å². The van der Waals surface area contributed by atoms with E-state index in [9.17, 15) is 9.59 Å². The molecule has 1 atom stereocenters. The predicted molar refractivity (Wildman–Crippen MR) is 149 cm³/mol. The van der Waals surface area contributed by atoms with Crippen molar-refractivity contribution in [2.75, 3.05) is 12.3 Å². The number of hydrogen-bond donors (Lipinski definition) is 1. The van der Waals surface area contributed by atoms with Gasteiger partial charge in [0.25, 0.3) is 0 Å². The summed E-state index contributed by atoms with van der Waals surface area (Å²) in [6, 6.07) is 25.6. The van der Waals surface area contributed by atoms with Gasteiger partial charge in [0.05, 0.1) is 5.75 Å². The van der Waals surface area contributed by atoms with Gasteiger partial charge in [0.15, 0.2) is 0 Å². The second kappa shape index (κ2) is 14.1. The molecule has 0 spiro atoms. The van der Waals surface area contributed by atoms with Crippen molar-refractivity contribution in [3.63, 3.8) is 0 Å². The maximum atomic E-state index is 13.6.